The molecule has 0 bridgehead atoms. The molecule has 4 N–H and O–H groups in total. The summed E-state index contributed by atoms with van der Waals surface area (Å²) >= 11 is 1.58. The molecule has 0 spiro atoms. The van der Waals surface area contributed by atoms with E-state index < -0.39 is 48.2 Å². The second-order valence-corrected chi connectivity index (χ2v) is 11.1. The fourth-order valence-electron chi connectivity index (χ4n) is 4.92. The fourth-order valence-corrected chi connectivity index (χ4v) is 6.15. The number of likely N-dealkylation sites (tertiary alicyclic amines) is 1. The summed E-state index contributed by atoms with van der Waals surface area (Å²) in [4.78, 5) is 55.3. The van der Waals surface area contributed by atoms with Gasteiger partial charge in [-0.3, -0.25) is 14.4 Å². The number of carbonyl (C=O) groups excluding carboxylic acids is 1. The van der Waals surface area contributed by atoms with E-state index in [1.165, 1.54) is 10.4 Å². The fraction of sp³-hybridized carbons (Fsp3) is 0.480. The number of rotatable bonds is 7. The van der Waals surface area contributed by atoms with Gasteiger partial charge in [0, 0.05) is 29.6 Å². The Balaban J connectivity index is 0.000000266. The second-order valence-electron chi connectivity index (χ2n) is 9.99. The summed E-state index contributed by atoms with van der Waals surface area (Å²) in [6.07, 6.45) is -1.36. The van der Waals surface area contributed by atoms with Gasteiger partial charge in [-0.15, -0.1) is 11.3 Å². The Labute approximate surface area is 239 Å². The van der Waals surface area contributed by atoms with E-state index in [-0.39, 0.29) is 17.6 Å². The molecular formula is C25H26F3N5O8S. The number of carbonyl (C=O) groups is 4. The van der Waals surface area contributed by atoms with Crippen molar-refractivity contribution >= 4 is 40.9 Å². The second kappa shape index (κ2) is 12.0. The van der Waals surface area contributed by atoms with Crippen molar-refractivity contribution < 1.29 is 52.8 Å². The molecule has 0 saturated carbocycles. The summed E-state index contributed by atoms with van der Waals surface area (Å²) < 4.78 is 40.9. The van der Waals surface area contributed by atoms with E-state index in [4.69, 9.17) is 20.4 Å². The van der Waals surface area contributed by atoms with Crippen molar-refractivity contribution in [3.63, 3.8) is 0 Å². The normalized spacial score (nSPS) is 15.7. The maximum Gasteiger partial charge on any atom is 0.433 e. The van der Waals surface area contributed by atoms with Crippen LogP contribution in [0.3, 0.4) is 0 Å². The summed E-state index contributed by atoms with van der Waals surface area (Å²) in [5.41, 5.74) is -1.96. The molecule has 4 heterocycles. The molecular weight excluding hydrogens is 587 g/mol. The third-order valence-electron chi connectivity index (χ3n) is 7.01. The molecule has 1 fully saturated rings. The Morgan fingerprint density at radius 2 is 1.64 bits per heavy atom. The summed E-state index contributed by atoms with van der Waals surface area (Å²) in [6.45, 7) is 1.01. The number of nitrogens with zero attached hydrogens (tertiary/aromatic N) is 5. The van der Waals surface area contributed by atoms with Crippen molar-refractivity contribution in [2.75, 3.05) is 13.1 Å². The van der Waals surface area contributed by atoms with Crippen molar-refractivity contribution in [2.24, 2.45) is 0 Å². The zero-order chi connectivity index (χ0) is 30.8. The van der Waals surface area contributed by atoms with Crippen LogP contribution in [0.1, 0.15) is 69.5 Å². The lowest BCUT2D eigenvalue weighted by molar-refractivity contribution is -0.170. The number of aliphatic carboxylic acids is 3. The third kappa shape index (κ3) is 6.84. The molecule has 3 aromatic heterocycles. The highest BCUT2D eigenvalue weighted by molar-refractivity contribution is 7.14. The largest absolute Gasteiger partial charge is 0.481 e. The molecule has 1 aliphatic heterocycles. The number of piperidine rings is 1. The van der Waals surface area contributed by atoms with E-state index in [9.17, 15) is 32.3 Å². The average Bonchev–Trinajstić information content (AvgIpc) is 3.63. The number of alkyl halides is 3. The molecule has 0 radical (unpaired) electrons. The zero-order valence-electron chi connectivity index (χ0n) is 21.9. The lowest BCUT2D eigenvalue weighted by atomic mass is 9.92. The SMILES string of the molecule is O=C(O)CC(O)(CC(=O)O)C(=O)O.O=C(c1cc2c(s1)CCC2)N1CCC(c2cc(C(F)(F)F)n3ncnc3n2)CC1. The number of amides is 1. The van der Waals surface area contributed by atoms with Gasteiger partial charge in [0.05, 0.1) is 17.7 Å². The Morgan fingerprint density at radius 3 is 2.19 bits per heavy atom. The standard InChI is InChI=1S/C19H18F3N5OS.C6H8O7/c20-19(21,22)16-9-13(25-18-23-10-24-27(16)18)11-4-6-26(7-5-11)17(28)15-8-12-2-1-3-14(12)29-15;7-3(8)1-6(13,5(11)12)2-4(9)10/h8-11H,1-7H2;13H,1-2H2,(H,7,8)(H,9,10)(H,11,12). The zero-order valence-corrected chi connectivity index (χ0v) is 22.7. The molecule has 0 unspecified atom stereocenters. The Bertz CT molecular complexity index is 1480. The molecule has 5 rings (SSSR count). The van der Waals surface area contributed by atoms with Crippen LogP contribution in [0.5, 0.6) is 0 Å². The van der Waals surface area contributed by atoms with E-state index in [1.807, 2.05) is 6.07 Å². The van der Waals surface area contributed by atoms with Crippen molar-refractivity contribution in [2.45, 2.75) is 62.6 Å². The van der Waals surface area contributed by atoms with Gasteiger partial charge in [0.15, 0.2) is 11.3 Å². The number of aromatic nitrogens is 4. The Kier molecular flexibility index (Phi) is 8.81. The van der Waals surface area contributed by atoms with Crippen LogP contribution >= 0.6 is 11.3 Å². The van der Waals surface area contributed by atoms with E-state index in [1.54, 1.807) is 16.2 Å². The summed E-state index contributed by atoms with van der Waals surface area (Å²) in [6, 6.07) is 3.07. The van der Waals surface area contributed by atoms with Gasteiger partial charge in [-0.2, -0.15) is 27.8 Å². The van der Waals surface area contributed by atoms with Gasteiger partial charge in [-0.1, -0.05) is 0 Å². The molecule has 0 aromatic carbocycles. The molecule has 1 aliphatic carbocycles. The highest BCUT2D eigenvalue weighted by Crippen LogP contribution is 2.35. The Hall–Kier alpha value is -4.12. The number of halogens is 3. The minimum absolute atomic E-state index is 0.0275. The van der Waals surface area contributed by atoms with Gasteiger partial charge < -0.3 is 25.3 Å². The number of fused-ring (bicyclic) bond motifs is 2. The number of aliphatic hydroxyl groups is 1. The first-order chi connectivity index (χ1) is 19.7. The number of aryl methyl sites for hydroxylation is 2. The Morgan fingerprint density at radius 1 is 1.00 bits per heavy atom. The van der Waals surface area contributed by atoms with Gasteiger partial charge in [-0.05, 0) is 49.8 Å². The quantitative estimate of drug-likeness (QED) is 0.306. The first-order valence-electron chi connectivity index (χ1n) is 12.8. The van der Waals surface area contributed by atoms with Gasteiger partial charge in [0.25, 0.3) is 11.7 Å². The molecule has 1 amide bonds. The lowest BCUT2D eigenvalue weighted by Crippen LogP contribution is -2.42. The minimum Gasteiger partial charge on any atom is -0.481 e. The van der Waals surface area contributed by atoms with Crippen LogP contribution < -0.4 is 0 Å². The average molecular weight is 614 g/mol. The molecule has 13 nitrogen and oxygen atoms in total. The van der Waals surface area contributed by atoms with E-state index in [2.05, 4.69) is 15.1 Å². The third-order valence-corrected chi connectivity index (χ3v) is 8.23. The maximum absolute atomic E-state index is 13.4. The number of hydrogen-bond donors (Lipinski definition) is 4. The molecule has 3 aromatic rings. The van der Waals surface area contributed by atoms with Crippen molar-refractivity contribution in [3.8, 4) is 0 Å². The van der Waals surface area contributed by atoms with Gasteiger partial charge >= 0.3 is 24.1 Å². The topological polar surface area (TPSA) is 196 Å². The van der Waals surface area contributed by atoms with Crippen LogP contribution in [0.4, 0.5) is 13.2 Å². The molecule has 226 valence electrons. The monoisotopic (exact) mass is 613 g/mol. The molecule has 0 atom stereocenters. The van der Waals surface area contributed by atoms with Crippen LogP contribution in [0, 0.1) is 0 Å². The molecule has 42 heavy (non-hydrogen) atoms. The number of carboxylic acid groups (broad SMARTS) is 3. The van der Waals surface area contributed by atoms with Gasteiger partial charge in [-0.25, -0.2) is 9.78 Å². The van der Waals surface area contributed by atoms with Crippen LogP contribution in [0.25, 0.3) is 5.78 Å². The van der Waals surface area contributed by atoms with Crippen molar-refractivity contribution in [1.29, 1.82) is 0 Å². The lowest BCUT2D eigenvalue weighted by Gasteiger charge is -2.31. The van der Waals surface area contributed by atoms with E-state index in [0.717, 1.165) is 41.0 Å². The first-order valence-corrected chi connectivity index (χ1v) is 13.6. The maximum atomic E-state index is 13.4. The van der Waals surface area contributed by atoms with Gasteiger partial charge in [0.2, 0.25) is 0 Å². The summed E-state index contributed by atoms with van der Waals surface area (Å²) in [7, 11) is 0. The number of thiophene rings is 1. The predicted octanol–water partition coefficient (Wildman–Crippen LogP) is 2.46. The van der Waals surface area contributed by atoms with Crippen LogP contribution in [-0.2, 0) is 33.4 Å². The predicted molar refractivity (Wildman–Crippen MR) is 137 cm³/mol. The first kappa shape index (κ1) is 30.8. The van der Waals surface area contributed by atoms with E-state index in [0.29, 0.717) is 31.6 Å². The van der Waals surface area contributed by atoms with Crippen molar-refractivity contribution in [1.82, 2.24) is 24.5 Å². The van der Waals surface area contributed by atoms with Crippen LogP contribution in [0.2, 0.25) is 0 Å². The summed E-state index contributed by atoms with van der Waals surface area (Å²) in [5.74, 6) is -5.19. The van der Waals surface area contributed by atoms with Gasteiger partial charge in [0.1, 0.15) is 6.33 Å². The van der Waals surface area contributed by atoms with Crippen LogP contribution in [-0.4, -0.2) is 87.4 Å². The smallest absolute Gasteiger partial charge is 0.433 e. The number of carboxylic acids is 3. The van der Waals surface area contributed by atoms with Crippen LogP contribution in [0.15, 0.2) is 18.5 Å². The highest BCUT2D eigenvalue weighted by atomic mass is 32.1. The molecule has 17 heteroatoms. The van der Waals surface area contributed by atoms with Crippen molar-refractivity contribution in [3.05, 3.63) is 45.2 Å². The van der Waals surface area contributed by atoms with E-state index >= 15 is 0 Å². The molecule has 2 aliphatic rings. The highest BCUT2D eigenvalue weighted by Gasteiger charge is 2.41. The molecule has 1 saturated heterocycles. The minimum atomic E-state index is -4.54. The summed E-state index contributed by atoms with van der Waals surface area (Å²) in [5, 5.41) is 37.4. The number of hydrogen-bond acceptors (Lipinski definition) is 9.